The van der Waals surface area contributed by atoms with Gasteiger partial charge < -0.3 is 9.32 Å². The molecule has 2 saturated heterocycles. The van der Waals surface area contributed by atoms with Gasteiger partial charge in [-0.05, 0) is 44.5 Å². The Morgan fingerprint density at radius 3 is 2.65 bits per heavy atom. The minimum Gasteiger partial charge on any atom is -0.449 e. The Balaban J connectivity index is 1.30. The summed E-state index contributed by atoms with van der Waals surface area (Å²) < 4.78 is 7.26. The number of aromatic nitrogens is 5. The second-order valence-electron chi connectivity index (χ2n) is 7.27. The van der Waals surface area contributed by atoms with Crippen molar-refractivity contribution in [2.24, 2.45) is 0 Å². The fraction of sp³-hybridized carbons (Fsp3) is 0.556. The average Bonchev–Trinajstić information content (AvgIpc) is 3.20. The van der Waals surface area contributed by atoms with Crippen molar-refractivity contribution in [3.8, 4) is 0 Å². The molecule has 2 aliphatic heterocycles. The molecule has 0 aromatic carbocycles. The molecule has 0 spiro atoms. The van der Waals surface area contributed by atoms with Gasteiger partial charge in [-0.1, -0.05) is 0 Å². The summed E-state index contributed by atoms with van der Waals surface area (Å²) in [6, 6.07) is 4.08. The van der Waals surface area contributed by atoms with Gasteiger partial charge in [0, 0.05) is 32.5 Å². The van der Waals surface area contributed by atoms with E-state index >= 15 is 0 Å². The molecule has 0 aliphatic carbocycles. The Morgan fingerprint density at radius 2 is 1.96 bits per heavy atom. The van der Waals surface area contributed by atoms with Crippen LogP contribution in [0.5, 0.6) is 0 Å². The molecule has 26 heavy (non-hydrogen) atoms. The zero-order valence-electron chi connectivity index (χ0n) is 15.0. The van der Waals surface area contributed by atoms with E-state index in [9.17, 15) is 0 Å². The first-order chi connectivity index (χ1) is 12.8. The standard InChI is InChI=1S/C18H23N7O/c1-13-19-15(12-26-13)11-23-9-5-14(6-10-23)18-21-20-16-3-4-17(22-25(16)18)24-7-2-8-24/h3-4,12,14H,2,5-11H2,1H3. The molecule has 0 bridgehead atoms. The number of oxazole rings is 1. The van der Waals surface area contributed by atoms with Gasteiger partial charge >= 0.3 is 0 Å². The van der Waals surface area contributed by atoms with E-state index in [0.717, 1.165) is 74.4 Å². The average molecular weight is 353 g/mol. The van der Waals surface area contributed by atoms with Crippen LogP contribution in [0.1, 0.15) is 42.6 Å². The molecule has 3 aromatic rings. The molecule has 0 amide bonds. The Labute approximate surface area is 151 Å². The first-order valence-electron chi connectivity index (χ1n) is 9.37. The molecular formula is C18H23N7O. The summed E-state index contributed by atoms with van der Waals surface area (Å²) in [5.74, 6) is 3.16. The fourth-order valence-corrected chi connectivity index (χ4v) is 3.82. The van der Waals surface area contributed by atoms with E-state index in [1.54, 1.807) is 6.26 Å². The van der Waals surface area contributed by atoms with Crippen LogP contribution in [0.15, 0.2) is 22.8 Å². The third-order valence-corrected chi connectivity index (χ3v) is 5.46. The van der Waals surface area contributed by atoms with Gasteiger partial charge in [-0.15, -0.1) is 15.3 Å². The molecule has 0 unspecified atom stereocenters. The Morgan fingerprint density at radius 1 is 1.12 bits per heavy atom. The van der Waals surface area contributed by atoms with Crippen molar-refractivity contribution >= 4 is 11.5 Å². The molecule has 2 fully saturated rings. The molecule has 5 heterocycles. The van der Waals surface area contributed by atoms with Crippen LogP contribution in [0.3, 0.4) is 0 Å². The molecule has 0 N–H and O–H groups in total. The second kappa shape index (κ2) is 6.35. The second-order valence-corrected chi connectivity index (χ2v) is 7.27. The van der Waals surface area contributed by atoms with Gasteiger partial charge in [0.05, 0.1) is 5.69 Å². The number of aryl methyl sites for hydroxylation is 1. The van der Waals surface area contributed by atoms with Crippen molar-refractivity contribution in [3.05, 3.63) is 35.8 Å². The zero-order chi connectivity index (χ0) is 17.5. The van der Waals surface area contributed by atoms with Crippen molar-refractivity contribution in [1.82, 2.24) is 29.7 Å². The quantitative estimate of drug-likeness (QED) is 0.710. The SMILES string of the molecule is Cc1nc(CN2CCC(c3nnc4ccc(N5CCC5)nn34)CC2)co1. The Kier molecular flexibility index (Phi) is 3.85. The van der Waals surface area contributed by atoms with E-state index in [1.807, 2.05) is 17.5 Å². The topological polar surface area (TPSA) is 75.6 Å². The minimum atomic E-state index is 0.402. The summed E-state index contributed by atoms with van der Waals surface area (Å²) in [5.41, 5.74) is 1.85. The molecule has 2 aliphatic rings. The number of likely N-dealkylation sites (tertiary alicyclic amines) is 1. The highest BCUT2D eigenvalue weighted by Gasteiger charge is 2.26. The van der Waals surface area contributed by atoms with Crippen LogP contribution < -0.4 is 4.90 Å². The van der Waals surface area contributed by atoms with Gasteiger partial charge in [-0.25, -0.2) is 4.98 Å². The van der Waals surface area contributed by atoms with Gasteiger partial charge in [0.1, 0.15) is 12.1 Å². The number of rotatable bonds is 4. The maximum absolute atomic E-state index is 5.31. The first kappa shape index (κ1) is 15.7. The highest BCUT2D eigenvalue weighted by atomic mass is 16.3. The van der Waals surface area contributed by atoms with Crippen LogP contribution in [-0.4, -0.2) is 55.9 Å². The molecule has 8 nitrogen and oxygen atoms in total. The molecule has 136 valence electrons. The van der Waals surface area contributed by atoms with Gasteiger partial charge in [0.25, 0.3) is 0 Å². The van der Waals surface area contributed by atoms with Crippen molar-refractivity contribution in [2.45, 2.75) is 38.6 Å². The zero-order valence-corrected chi connectivity index (χ0v) is 15.0. The van der Waals surface area contributed by atoms with E-state index in [-0.39, 0.29) is 0 Å². The van der Waals surface area contributed by atoms with Crippen LogP contribution >= 0.6 is 0 Å². The molecule has 3 aromatic heterocycles. The van der Waals surface area contributed by atoms with Crippen molar-refractivity contribution < 1.29 is 4.42 Å². The van der Waals surface area contributed by atoms with Crippen LogP contribution in [0.4, 0.5) is 5.82 Å². The van der Waals surface area contributed by atoms with E-state index in [2.05, 4.69) is 31.0 Å². The lowest BCUT2D eigenvalue weighted by Crippen LogP contribution is -2.38. The third kappa shape index (κ3) is 2.84. The smallest absolute Gasteiger partial charge is 0.191 e. The lowest BCUT2D eigenvalue weighted by Gasteiger charge is -2.32. The maximum Gasteiger partial charge on any atom is 0.191 e. The number of hydrogen-bond donors (Lipinski definition) is 0. The van der Waals surface area contributed by atoms with Crippen molar-refractivity contribution in [1.29, 1.82) is 0 Å². The van der Waals surface area contributed by atoms with Crippen LogP contribution in [0.25, 0.3) is 5.65 Å². The summed E-state index contributed by atoms with van der Waals surface area (Å²) >= 11 is 0. The van der Waals surface area contributed by atoms with Crippen LogP contribution in [0.2, 0.25) is 0 Å². The summed E-state index contributed by atoms with van der Waals surface area (Å²) in [7, 11) is 0. The summed E-state index contributed by atoms with van der Waals surface area (Å²) in [4.78, 5) is 9.13. The van der Waals surface area contributed by atoms with Crippen molar-refractivity contribution in [3.63, 3.8) is 0 Å². The van der Waals surface area contributed by atoms with E-state index in [0.29, 0.717) is 5.92 Å². The fourth-order valence-electron chi connectivity index (χ4n) is 3.82. The number of hydrogen-bond acceptors (Lipinski definition) is 7. The highest BCUT2D eigenvalue weighted by Crippen LogP contribution is 2.28. The summed E-state index contributed by atoms with van der Waals surface area (Å²) in [5, 5.41) is 13.6. The molecule has 0 saturated carbocycles. The van der Waals surface area contributed by atoms with E-state index in [4.69, 9.17) is 9.52 Å². The van der Waals surface area contributed by atoms with Gasteiger partial charge in [-0.2, -0.15) is 4.52 Å². The number of fused-ring (bicyclic) bond motifs is 1. The van der Waals surface area contributed by atoms with Crippen LogP contribution in [-0.2, 0) is 6.54 Å². The van der Waals surface area contributed by atoms with Crippen LogP contribution in [0, 0.1) is 6.92 Å². The normalized spacial score (nSPS) is 19.2. The molecule has 8 heteroatoms. The van der Waals surface area contributed by atoms with E-state index in [1.165, 1.54) is 6.42 Å². The Hall–Kier alpha value is -2.48. The summed E-state index contributed by atoms with van der Waals surface area (Å²) in [6.45, 7) is 6.97. The van der Waals surface area contributed by atoms with Crippen molar-refractivity contribution in [2.75, 3.05) is 31.1 Å². The Bertz CT molecular complexity index is 905. The van der Waals surface area contributed by atoms with Gasteiger partial charge in [0.15, 0.2) is 17.4 Å². The molecular weight excluding hydrogens is 330 g/mol. The lowest BCUT2D eigenvalue weighted by atomic mass is 9.96. The maximum atomic E-state index is 5.31. The minimum absolute atomic E-state index is 0.402. The predicted octanol–water partition coefficient (Wildman–Crippen LogP) is 2.01. The first-order valence-corrected chi connectivity index (χ1v) is 9.37. The number of piperidine rings is 1. The van der Waals surface area contributed by atoms with Gasteiger partial charge in [0.2, 0.25) is 0 Å². The number of anilines is 1. The molecule has 0 atom stereocenters. The third-order valence-electron chi connectivity index (χ3n) is 5.46. The lowest BCUT2D eigenvalue weighted by molar-refractivity contribution is 0.198. The monoisotopic (exact) mass is 353 g/mol. The highest BCUT2D eigenvalue weighted by molar-refractivity contribution is 5.47. The van der Waals surface area contributed by atoms with E-state index < -0.39 is 0 Å². The largest absolute Gasteiger partial charge is 0.449 e. The molecule has 5 rings (SSSR count). The predicted molar refractivity (Wildman–Crippen MR) is 96.1 cm³/mol. The molecule has 0 radical (unpaired) electrons. The number of nitrogens with zero attached hydrogens (tertiary/aromatic N) is 7. The van der Waals surface area contributed by atoms with Gasteiger partial charge in [-0.3, -0.25) is 4.90 Å². The summed E-state index contributed by atoms with van der Waals surface area (Å²) in [6.07, 6.45) is 5.13.